The lowest BCUT2D eigenvalue weighted by atomic mass is 10.3. The minimum absolute atomic E-state index is 0.101. The molecule has 0 spiro atoms. The minimum atomic E-state index is 0.101. The number of hydrogen-bond donors (Lipinski definition) is 1. The van der Waals surface area contributed by atoms with E-state index in [1.54, 1.807) is 7.05 Å². The molecule has 0 aliphatic rings. The van der Waals surface area contributed by atoms with Gasteiger partial charge in [0.15, 0.2) is 0 Å². The van der Waals surface area contributed by atoms with Crippen LogP contribution in [0, 0.1) is 0 Å². The number of thiocarbonyl (C=S) groups is 1. The Kier molecular flexibility index (Phi) is 3.35. The van der Waals surface area contributed by atoms with Crippen LogP contribution < -0.4 is 5.32 Å². The smallest absolute Gasteiger partial charge is 0.136 e. The fourth-order valence-electron chi connectivity index (χ4n) is 0.314. The molecule has 0 saturated heterocycles. The molecule has 0 aromatic rings. The van der Waals surface area contributed by atoms with Crippen LogP contribution in [0.15, 0.2) is 0 Å². The summed E-state index contributed by atoms with van der Waals surface area (Å²) in [6.07, 6.45) is 0.367. The molecule has 0 unspecified atom stereocenters. The highest BCUT2D eigenvalue weighted by molar-refractivity contribution is 7.80. The topological polar surface area (TPSA) is 29.1 Å². The van der Waals surface area contributed by atoms with Crippen molar-refractivity contribution in [2.45, 2.75) is 13.3 Å². The Morgan fingerprint density at radius 1 is 1.75 bits per heavy atom. The molecule has 0 aliphatic carbocycles. The van der Waals surface area contributed by atoms with Crippen LogP contribution in [0.1, 0.15) is 13.3 Å². The summed E-state index contributed by atoms with van der Waals surface area (Å²) >= 11 is 4.70. The Balaban J connectivity index is 3.40. The van der Waals surface area contributed by atoms with Gasteiger partial charge in [0.05, 0.1) is 11.4 Å². The highest BCUT2D eigenvalue weighted by Gasteiger charge is 1.94. The van der Waals surface area contributed by atoms with E-state index in [4.69, 9.17) is 12.2 Å². The minimum Gasteiger partial charge on any atom is -0.382 e. The van der Waals surface area contributed by atoms with Crippen LogP contribution >= 0.6 is 12.2 Å². The van der Waals surface area contributed by atoms with Gasteiger partial charge in [-0.1, -0.05) is 12.2 Å². The molecule has 0 rings (SSSR count). The number of carbonyl (C=O) groups is 1. The van der Waals surface area contributed by atoms with Crippen LogP contribution in [0.4, 0.5) is 0 Å². The number of ketones is 1. The molecule has 0 heterocycles. The standard InChI is InChI=1S/C5H9NOS/c1-4(7)3-5(8)6-2/h3H2,1-2H3,(H,6,8). The average Bonchev–Trinajstić information content (AvgIpc) is 1.65. The van der Waals surface area contributed by atoms with Crippen molar-refractivity contribution in [1.82, 2.24) is 5.32 Å². The summed E-state index contributed by atoms with van der Waals surface area (Å²) in [7, 11) is 1.71. The third kappa shape index (κ3) is 3.74. The first-order valence-electron chi connectivity index (χ1n) is 2.37. The highest BCUT2D eigenvalue weighted by atomic mass is 32.1. The molecule has 0 bridgehead atoms. The molecule has 1 N–H and O–H groups in total. The van der Waals surface area contributed by atoms with Crippen LogP contribution in [0.25, 0.3) is 0 Å². The Morgan fingerprint density at radius 3 is 2.38 bits per heavy atom. The van der Waals surface area contributed by atoms with Gasteiger partial charge >= 0.3 is 0 Å². The lowest BCUT2D eigenvalue weighted by Crippen LogP contribution is -2.17. The van der Waals surface area contributed by atoms with Crippen molar-refractivity contribution >= 4 is 23.0 Å². The summed E-state index contributed by atoms with van der Waals surface area (Å²) < 4.78 is 0. The normalized spacial score (nSPS) is 8.25. The largest absolute Gasteiger partial charge is 0.382 e. The predicted molar refractivity (Wildman–Crippen MR) is 37.0 cm³/mol. The average molecular weight is 131 g/mol. The van der Waals surface area contributed by atoms with Crippen LogP contribution in [0.2, 0.25) is 0 Å². The Morgan fingerprint density at radius 2 is 2.25 bits per heavy atom. The van der Waals surface area contributed by atoms with Crippen LogP contribution in [0.5, 0.6) is 0 Å². The van der Waals surface area contributed by atoms with Gasteiger partial charge in [0.25, 0.3) is 0 Å². The van der Waals surface area contributed by atoms with Crippen molar-refractivity contribution in [3.63, 3.8) is 0 Å². The van der Waals surface area contributed by atoms with E-state index in [1.807, 2.05) is 0 Å². The first kappa shape index (κ1) is 7.56. The van der Waals surface area contributed by atoms with E-state index in [0.717, 1.165) is 0 Å². The summed E-state index contributed by atoms with van der Waals surface area (Å²) in [6, 6.07) is 0. The van der Waals surface area contributed by atoms with Crippen molar-refractivity contribution in [2.24, 2.45) is 0 Å². The second kappa shape index (κ2) is 3.55. The summed E-state index contributed by atoms with van der Waals surface area (Å²) in [5, 5.41) is 2.71. The summed E-state index contributed by atoms with van der Waals surface area (Å²) in [5.74, 6) is 0.101. The van der Waals surface area contributed by atoms with E-state index in [2.05, 4.69) is 5.32 Å². The maximum absolute atomic E-state index is 10.3. The molecule has 0 amide bonds. The van der Waals surface area contributed by atoms with E-state index in [0.29, 0.717) is 11.4 Å². The van der Waals surface area contributed by atoms with Gasteiger partial charge in [0.1, 0.15) is 5.78 Å². The molecule has 0 saturated carbocycles. The summed E-state index contributed by atoms with van der Waals surface area (Å²) in [6.45, 7) is 1.52. The first-order chi connectivity index (χ1) is 3.66. The number of carbonyl (C=O) groups excluding carboxylic acids is 1. The van der Waals surface area contributed by atoms with E-state index in [-0.39, 0.29) is 5.78 Å². The van der Waals surface area contributed by atoms with Crippen molar-refractivity contribution in [1.29, 1.82) is 0 Å². The second-order valence-corrected chi connectivity index (χ2v) is 2.04. The monoisotopic (exact) mass is 131 g/mol. The zero-order valence-electron chi connectivity index (χ0n) is 5.02. The summed E-state index contributed by atoms with van der Waals surface area (Å²) in [5.41, 5.74) is 0. The van der Waals surface area contributed by atoms with E-state index < -0.39 is 0 Å². The maximum atomic E-state index is 10.3. The molecule has 0 aliphatic heterocycles. The van der Waals surface area contributed by atoms with E-state index in [9.17, 15) is 4.79 Å². The fourth-order valence-corrected chi connectivity index (χ4v) is 0.518. The van der Waals surface area contributed by atoms with Gasteiger partial charge in [-0.15, -0.1) is 0 Å². The number of rotatable bonds is 2. The van der Waals surface area contributed by atoms with Gasteiger partial charge in [-0.25, -0.2) is 0 Å². The van der Waals surface area contributed by atoms with Gasteiger partial charge in [0, 0.05) is 7.05 Å². The number of Topliss-reactive ketones (excluding diaryl/α,β-unsaturated/α-hetero) is 1. The van der Waals surface area contributed by atoms with Crippen molar-refractivity contribution in [3.8, 4) is 0 Å². The predicted octanol–water partition coefficient (Wildman–Crippen LogP) is 0.512. The zero-order chi connectivity index (χ0) is 6.57. The van der Waals surface area contributed by atoms with Crippen LogP contribution in [-0.2, 0) is 4.79 Å². The first-order valence-corrected chi connectivity index (χ1v) is 2.77. The Hall–Kier alpha value is -0.440. The molecular formula is C5H9NOS. The second-order valence-electron chi connectivity index (χ2n) is 1.55. The van der Waals surface area contributed by atoms with Crippen LogP contribution in [0.3, 0.4) is 0 Å². The molecule has 8 heavy (non-hydrogen) atoms. The van der Waals surface area contributed by atoms with E-state index in [1.165, 1.54) is 6.92 Å². The van der Waals surface area contributed by atoms with Crippen LogP contribution in [-0.4, -0.2) is 17.8 Å². The molecule has 2 nitrogen and oxygen atoms in total. The molecule has 46 valence electrons. The van der Waals surface area contributed by atoms with E-state index >= 15 is 0 Å². The Bertz CT molecular complexity index is 111. The van der Waals surface area contributed by atoms with Gasteiger partial charge in [0.2, 0.25) is 0 Å². The van der Waals surface area contributed by atoms with Gasteiger partial charge < -0.3 is 5.32 Å². The molecule has 0 aromatic heterocycles. The molecule has 3 heteroatoms. The molecule has 0 fully saturated rings. The van der Waals surface area contributed by atoms with Gasteiger partial charge in [-0.05, 0) is 6.92 Å². The van der Waals surface area contributed by atoms with Crippen molar-refractivity contribution in [3.05, 3.63) is 0 Å². The van der Waals surface area contributed by atoms with Gasteiger partial charge in [-0.2, -0.15) is 0 Å². The summed E-state index contributed by atoms with van der Waals surface area (Å²) in [4.78, 5) is 10.9. The lowest BCUT2D eigenvalue weighted by molar-refractivity contribution is -0.115. The Labute approximate surface area is 54.3 Å². The third-order valence-electron chi connectivity index (χ3n) is 0.688. The maximum Gasteiger partial charge on any atom is 0.136 e. The number of nitrogens with one attached hydrogen (secondary N) is 1. The quantitative estimate of drug-likeness (QED) is 0.554. The highest BCUT2D eigenvalue weighted by Crippen LogP contribution is 1.81. The van der Waals surface area contributed by atoms with Gasteiger partial charge in [-0.3, -0.25) is 4.79 Å². The van der Waals surface area contributed by atoms with Crippen molar-refractivity contribution < 1.29 is 4.79 Å². The molecule has 0 radical (unpaired) electrons. The molecular weight excluding hydrogens is 122 g/mol. The number of hydrogen-bond acceptors (Lipinski definition) is 2. The molecule has 0 aromatic carbocycles. The lowest BCUT2D eigenvalue weighted by Gasteiger charge is -1.95. The SMILES string of the molecule is CNC(=S)CC(C)=O. The molecule has 0 atom stereocenters. The zero-order valence-corrected chi connectivity index (χ0v) is 5.84. The van der Waals surface area contributed by atoms with Crippen molar-refractivity contribution in [2.75, 3.05) is 7.05 Å². The third-order valence-corrected chi connectivity index (χ3v) is 1.04. The fraction of sp³-hybridized carbons (Fsp3) is 0.600.